The third kappa shape index (κ3) is 4.68. The van der Waals surface area contributed by atoms with Gasteiger partial charge in [0.05, 0.1) is 29.4 Å². The lowest BCUT2D eigenvalue weighted by Crippen LogP contribution is -2.16. The van der Waals surface area contributed by atoms with Gasteiger partial charge in [-0.1, -0.05) is 31.5 Å². The van der Waals surface area contributed by atoms with Crippen molar-refractivity contribution < 1.29 is 18.3 Å². The Morgan fingerprint density at radius 1 is 1.14 bits per heavy atom. The number of ether oxygens (including phenoxy) is 1. The number of aromatic nitrogens is 2. The second-order valence-corrected chi connectivity index (χ2v) is 6.04. The van der Waals surface area contributed by atoms with E-state index in [4.69, 9.17) is 4.74 Å². The van der Waals surface area contributed by atoms with Gasteiger partial charge in [0.15, 0.2) is 0 Å². The van der Waals surface area contributed by atoms with E-state index < -0.39 is 23.1 Å². The van der Waals surface area contributed by atoms with E-state index in [1.165, 1.54) is 6.20 Å². The molecule has 0 atom stereocenters. The Balaban J connectivity index is 1.99. The summed E-state index contributed by atoms with van der Waals surface area (Å²) >= 11 is 0. The van der Waals surface area contributed by atoms with Crippen LogP contribution in [0.3, 0.4) is 0 Å². The molecule has 2 aromatic carbocycles. The highest BCUT2D eigenvalue weighted by molar-refractivity contribution is 5.95. The Morgan fingerprint density at radius 2 is 1.93 bits per heavy atom. The molecule has 1 heterocycles. The van der Waals surface area contributed by atoms with Crippen molar-refractivity contribution in [1.82, 2.24) is 9.78 Å². The van der Waals surface area contributed by atoms with E-state index >= 15 is 0 Å². The predicted octanol–water partition coefficient (Wildman–Crippen LogP) is 4.07. The maximum Gasteiger partial charge on any atom is 0.280 e. The fourth-order valence-corrected chi connectivity index (χ4v) is 2.49. The Labute approximate surface area is 160 Å². The summed E-state index contributed by atoms with van der Waals surface area (Å²) in [6.45, 7) is 2.52. The van der Waals surface area contributed by atoms with E-state index in [-0.39, 0.29) is 5.36 Å². The number of hydrogen-bond acceptors (Lipinski definition) is 3. The molecule has 0 aliphatic heterocycles. The van der Waals surface area contributed by atoms with Crippen LogP contribution in [0.2, 0.25) is 0 Å². The Bertz CT molecular complexity index is 1030. The number of halogens is 2. The van der Waals surface area contributed by atoms with Gasteiger partial charge in [-0.05, 0) is 36.8 Å². The number of benzene rings is 2. The number of para-hydroxylation sites is 1. The lowest BCUT2D eigenvalue weighted by atomic mass is 10.2. The number of nitrogens with zero attached hydrogens (tertiary/aromatic N) is 3. The molecule has 7 heteroatoms. The summed E-state index contributed by atoms with van der Waals surface area (Å²) in [5, 5.41) is 4.48. The molecule has 5 nitrogen and oxygen atoms in total. The first kappa shape index (κ1) is 19.4. The maximum absolute atomic E-state index is 13.8. The standard InChI is InChI=1S/C21H19F2N3O2/c1-2-3-11-28-20-13-16(14-24-26(20)17-7-5-4-6-8-17)25-21(27)18-12-15(22)9-10-19(18)23/h4-10,12-14H,2-3,11H2,1H3/b25-16+. The zero-order valence-corrected chi connectivity index (χ0v) is 15.3. The van der Waals surface area contributed by atoms with E-state index in [9.17, 15) is 13.6 Å². The van der Waals surface area contributed by atoms with Crippen molar-refractivity contribution in [2.75, 3.05) is 6.61 Å². The average Bonchev–Trinajstić information content (AvgIpc) is 2.71. The smallest absolute Gasteiger partial charge is 0.280 e. The van der Waals surface area contributed by atoms with Gasteiger partial charge in [0, 0.05) is 6.07 Å². The van der Waals surface area contributed by atoms with Gasteiger partial charge in [-0.15, -0.1) is 0 Å². The Morgan fingerprint density at radius 3 is 2.68 bits per heavy atom. The van der Waals surface area contributed by atoms with Crippen molar-refractivity contribution in [2.45, 2.75) is 19.8 Å². The fraction of sp³-hybridized carbons (Fsp3) is 0.190. The summed E-state index contributed by atoms with van der Waals surface area (Å²) in [6.07, 6.45) is 3.18. The highest BCUT2D eigenvalue weighted by Gasteiger charge is 2.12. The van der Waals surface area contributed by atoms with E-state index in [1.807, 2.05) is 37.3 Å². The molecule has 0 aliphatic rings. The minimum Gasteiger partial charge on any atom is -0.478 e. The van der Waals surface area contributed by atoms with E-state index in [0.717, 1.165) is 36.7 Å². The van der Waals surface area contributed by atoms with Crippen LogP contribution in [0, 0.1) is 11.6 Å². The summed E-state index contributed by atoms with van der Waals surface area (Å²) in [4.78, 5) is 16.1. The molecule has 0 saturated heterocycles. The van der Waals surface area contributed by atoms with E-state index in [0.29, 0.717) is 12.5 Å². The highest BCUT2D eigenvalue weighted by Crippen LogP contribution is 2.15. The first-order chi connectivity index (χ1) is 13.6. The molecule has 1 aromatic heterocycles. The number of rotatable bonds is 6. The van der Waals surface area contributed by atoms with Gasteiger partial charge in [-0.3, -0.25) is 4.79 Å². The number of hydrogen-bond donors (Lipinski definition) is 0. The molecule has 0 saturated carbocycles. The monoisotopic (exact) mass is 383 g/mol. The minimum absolute atomic E-state index is 0.187. The molecule has 0 radical (unpaired) electrons. The molecular formula is C21H19F2N3O2. The van der Waals surface area contributed by atoms with Gasteiger partial charge in [0.2, 0.25) is 5.88 Å². The van der Waals surface area contributed by atoms with Crippen molar-refractivity contribution in [3.8, 4) is 11.6 Å². The van der Waals surface area contributed by atoms with E-state index in [2.05, 4.69) is 10.1 Å². The molecule has 3 rings (SSSR count). The summed E-state index contributed by atoms with van der Waals surface area (Å²) < 4.78 is 34.5. The fourth-order valence-electron chi connectivity index (χ4n) is 2.49. The Hall–Kier alpha value is -3.35. The van der Waals surface area contributed by atoms with E-state index in [1.54, 1.807) is 10.7 Å². The van der Waals surface area contributed by atoms with Gasteiger partial charge in [0.1, 0.15) is 11.6 Å². The first-order valence-corrected chi connectivity index (χ1v) is 8.90. The minimum atomic E-state index is -0.893. The Kier molecular flexibility index (Phi) is 6.26. The van der Waals surface area contributed by atoms with Crippen molar-refractivity contribution >= 4 is 5.91 Å². The van der Waals surface area contributed by atoms with Crippen molar-refractivity contribution in [2.24, 2.45) is 4.99 Å². The third-order valence-corrected chi connectivity index (χ3v) is 3.92. The lowest BCUT2D eigenvalue weighted by molar-refractivity contribution is 0.0994. The van der Waals surface area contributed by atoms with Crippen molar-refractivity contribution in [3.63, 3.8) is 0 Å². The first-order valence-electron chi connectivity index (χ1n) is 8.90. The van der Waals surface area contributed by atoms with Gasteiger partial charge in [-0.25, -0.2) is 18.5 Å². The molecule has 0 N–H and O–H groups in total. The second kappa shape index (κ2) is 9.03. The number of amides is 1. The molecule has 0 spiro atoms. The van der Waals surface area contributed by atoms with Crippen LogP contribution >= 0.6 is 0 Å². The van der Waals surface area contributed by atoms with Crippen LogP contribution in [0.25, 0.3) is 5.69 Å². The summed E-state index contributed by atoms with van der Waals surface area (Å²) in [7, 11) is 0. The van der Waals surface area contributed by atoms with Crippen molar-refractivity contribution in [3.05, 3.63) is 83.3 Å². The second-order valence-electron chi connectivity index (χ2n) is 6.04. The molecule has 28 heavy (non-hydrogen) atoms. The third-order valence-electron chi connectivity index (χ3n) is 3.92. The molecule has 0 unspecified atom stereocenters. The highest BCUT2D eigenvalue weighted by atomic mass is 19.1. The van der Waals surface area contributed by atoms with Crippen LogP contribution in [0.4, 0.5) is 8.78 Å². The molecule has 1 amide bonds. The van der Waals surface area contributed by atoms with Crippen LogP contribution < -0.4 is 10.1 Å². The van der Waals surface area contributed by atoms with Crippen LogP contribution in [0.1, 0.15) is 30.1 Å². The predicted molar refractivity (Wildman–Crippen MR) is 100 cm³/mol. The average molecular weight is 383 g/mol. The number of unbranched alkanes of at least 4 members (excludes halogenated alkanes) is 1. The molecule has 0 aliphatic carbocycles. The molecule has 144 valence electrons. The molecule has 0 bridgehead atoms. The normalized spacial score (nSPS) is 11.5. The van der Waals surface area contributed by atoms with Gasteiger partial charge in [0.25, 0.3) is 5.91 Å². The summed E-state index contributed by atoms with van der Waals surface area (Å²) in [5.41, 5.74) is 0.344. The topological polar surface area (TPSA) is 56.5 Å². The van der Waals surface area contributed by atoms with Crippen LogP contribution in [-0.2, 0) is 0 Å². The summed E-state index contributed by atoms with van der Waals surface area (Å²) in [5.74, 6) is -2.04. The zero-order valence-electron chi connectivity index (χ0n) is 15.3. The van der Waals surface area contributed by atoms with Gasteiger partial charge >= 0.3 is 0 Å². The van der Waals surface area contributed by atoms with Crippen LogP contribution in [0.15, 0.2) is 65.8 Å². The molecular weight excluding hydrogens is 364 g/mol. The maximum atomic E-state index is 13.8. The zero-order chi connectivity index (χ0) is 19.9. The lowest BCUT2D eigenvalue weighted by Gasteiger charge is -2.13. The van der Waals surface area contributed by atoms with Gasteiger partial charge < -0.3 is 4.74 Å². The van der Waals surface area contributed by atoms with Gasteiger partial charge in [-0.2, -0.15) is 5.10 Å². The summed E-state index contributed by atoms with van der Waals surface area (Å²) in [6, 6.07) is 13.6. The van der Waals surface area contributed by atoms with Crippen LogP contribution in [0.5, 0.6) is 5.88 Å². The number of carbonyl (C=O) groups excluding carboxylic acids is 1. The van der Waals surface area contributed by atoms with Crippen molar-refractivity contribution in [1.29, 1.82) is 0 Å². The van der Waals surface area contributed by atoms with Crippen LogP contribution in [-0.4, -0.2) is 22.3 Å². The molecule has 0 fully saturated rings. The SMILES string of the molecule is CCCCOc1c/c(=N\C(=O)c2cc(F)ccc2F)cnn1-c1ccccc1. The largest absolute Gasteiger partial charge is 0.478 e. The quantitative estimate of drug-likeness (QED) is 0.603. The number of carbonyl (C=O) groups is 1. The molecule has 3 aromatic rings.